The van der Waals surface area contributed by atoms with Crippen LogP contribution in [0, 0.1) is 0 Å². The van der Waals surface area contributed by atoms with Crippen molar-refractivity contribution in [3.63, 3.8) is 0 Å². The van der Waals surface area contributed by atoms with Gasteiger partial charge in [-0.3, -0.25) is 5.84 Å². The molecular formula is C11H15N5O. The summed E-state index contributed by atoms with van der Waals surface area (Å²) in [7, 11) is 1.63. The second-order valence-corrected chi connectivity index (χ2v) is 3.58. The highest BCUT2D eigenvalue weighted by atomic mass is 16.5. The average molecular weight is 233 g/mol. The number of ether oxygens (including phenoxy) is 1. The zero-order valence-electron chi connectivity index (χ0n) is 9.58. The van der Waals surface area contributed by atoms with E-state index in [-0.39, 0.29) is 6.04 Å². The average Bonchev–Trinajstić information content (AvgIpc) is 2.86. The molecule has 6 heteroatoms. The Morgan fingerprint density at radius 3 is 2.82 bits per heavy atom. The predicted molar refractivity (Wildman–Crippen MR) is 63.3 cm³/mol. The van der Waals surface area contributed by atoms with Crippen molar-refractivity contribution in [2.75, 3.05) is 13.7 Å². The minimum atomic E-state index is -0.143. The molecule has 1 aromatic carbocycles. The van der Waals surface area contributed by atoms with Crippen LogP contribution in [0.4, 0.5) is 0 Å². The van der Waals surface area contributed by atoms with Crippen LogP contribution in [0.25, 0.3) is 5.69 Å². The van der Waals surface area contributed by atoms with E-state index in [0.29, 0.717) is 6.61 Å². The number of nitrogens with two attached hydrogens (primary N) is 1. The highest BCUT2D eigenvalue weighted by Gasteiger charge is 2.16. The van der Waals surface area contributed by atoms with Gasteiger partial charge in [0, 0.05) is 7.11 Å². The number of hydrazine groups is 1. The normalized spacial score (nSPS) is 12.6. The predicted octanol–water partition coefficient (Wildman–Crippen LogP) is 0.418. The van der Waals surface area contributed by atoms with Crippen molar-refractivity contribution in [3.05, 3.63) is 42.2 Å². The summed E-state index contributed by atoms with van der Waals surface area (Å²) in [5.74, 6) is 5.50. The molecule has 0 amide bonds. The minimum Gasteiger partial charge on any atom is -0.383 e. The van der Waals surface area contributed by atoms with Crippen LogP contribution < -0.4 is 11.3 Å². The van der Waals surface area contributed by atoms with Gasteiger partial charge in [-0.15, -0.1) is 5.10 Å². The molecule has 17 heavy (non-hydrogen) atoms. The van der Waals surface area contributed by atoms with Gasteiger partial charge in [0.2, 0.25) is 0 Å². The molecule has 0 saturated carbocycles. The van der Waals surface area contributed by atoms with Crippen LogP contribution in [0.3, 0.4) is 0 Å². The van der Waals surface area contributed by atoms with Crippen molar-refractivity contribution in [1.82, 2.24) is 20.4 Å². The Morgan fingerprint density at radius 1 is 1.41 bits per heavy atom. The molecule has 0 aliphatic heterocycles. The van der Waals surface area contributed by atoms with E-state index >= 15 is 0 Å². The van der Waals surface area contributed by atoms with Crippen LogP contribution in [0.15, 0.2) is 36.5 Å². The molecule has 1 aromatic heterocycles. The van der Waals surface area contributed by atoms with Gasteiger partial charge in [-0.05, 0) is 12.1 Å². The molecule has 90 valence electrons. The number of nitrogens with one attached hydrogen (secondary N) is 1. The fourth-order valence-electron chi connectivity index (χ4n) is 1.64. The maximum Gasteiger partial charge on any atom is 0.0882 e. The molecule has 1 atom stereocenters. The molecule has 1 unspecified atom stereocenters. The Balaban J connectivity index is 2.34. The van der Waals surface area contributed by atoms with Gasteiger partial charge in [0.25, 0.3) is 0 Å². The van der Waals surface area contributed by atoms with Crippen molar-refractivity contribution in [2.24, 2.45) is 5.84 Å². The second-order valence-electron chi connectivity index (χ2n) is 3.58. The number of aromatic nitrogens is 3. The fraction of sp³-hybridized carbons (Fsp3) is 0.273. The quantitative estimate of drug-likeness (QED) is 0.578. The highest BCUT2D eigenvalue weighted by Crippen LogP contribution is 2.15. The van der Waals surface area contributed by atoms with Gasteiger partial charge in [-0.25, -0.2) is 10.1 Å². The van der Waals surface area contributed by atoms with Crippen molar-refractivity contribution < 1.29 is 4.74 Å². The second kappa shape index (κ2) is 5.53. The van der Waals surface area contributed by atoms with Crippen molar-refractivity contribution in [2.45, 2.75) is 6.04 Å². The van der Waals surface area contributed by atoms with E-state index in [2.05, 4.69) is 15.7 Å². The maximum atomic E-state index is 5.50. The number of hydrogen-bond donors (Lipinski definition) is 2. The summed E-state index contributed by atoms with van der Waals surface area (Å²) in [4.78, 5) is 0. The summed E-state index contributed by atoms with van der Waals surface area (Å²) >= 11 is 0. The van der Waals surface area contributed by atoms with E-state index in [1.165, 1.54) is 0 Å². The molecule has 1 heterocycles. The van der Waals surface area contributed by atoms with Gasteiger partial charge >= 0.3 is 0 Å². The molecule has 6 nitrogen and oxygen atoms in total. The summed E-state index contributed by atoms with van der Waals surface area (Å²) in [5.41, 5.74) is 4.49. The van der Waals surface area contributed by atoms with Crippen LogP contribution >= 0.6 is 0 Å². The largest absolute Gasteiger partial charge is 0.383 e. The van der Waals surface area contributed by atoms with Gasteiger partial charge in [-0.2, -0.15) is 0 Å². The lowest BCUT2D eigenvalue weighted by atomic mass is 10.2. The minimum absolute atomic E-state index is 0.143. The topological polar surface area (TPSA) is 78.0 Å². The lowest BCUT2D eigenvalue weighted by Gasteiger charge is -2.15. The van der Waals surface area contributed by atoms with Gasteiger partial charge in [0.05, 0.1) is 30.2 Å². The monoisotopic (exact) mass is 233 g/mol. The number of benzene rings is 1. The van der Waals surface area contributed by atoms with Crippen LogP contribution in [-0.4, -0.2) is 28.7 Å². The van der Waals surface area contributed by atoms with Crippen molar-refractivity contribution in [1.29, 1.82) is 0 Å². The Hall–Kier alpha value is -1.76. The van der Waals surface area contributed by atoms with Gasteiger partial charge in [-0.1, -0.05) is 23.4 Å². The third-order valence-corrected chi connectivity index (χ3v) is 2.47. The summed E-state index contributed by atoms with van der Waals surface area (Å²) in [6.07, 6.45) is 1.68. The third-order valence-electron chi connectivity index (χ3n) is 2.47. The first-order chi connectivity index (χ1) is 8.36. The van der Waals surface area contributed by atoms with Crippen molar-refractivity contribution in [3.8, 4) is 5.69 Å². The van der Waals surface area contributed by atoms with Crippen LogP contribution in [0.2, 0.25) is 0 Å². The van der Waals surface area contributed by atoms with E-state index in [4.69, 9.17) is 10.6 Å². The summed E-state index contributed by atoms with van der Waals surface area (Å²) < 4.78 is 6.84. The highest BCUT2D eigenvalue weighted by molar-refractivity contribution is 5.32. The van der Waals surface area contributed by atoms with Crippen LogP contribution in [0.5, 0.6) is 0 Å². The first-order valence-corrected chi connectivity index (χ1v) is 5.28. The molecule has 0 aliphatic carbocycles. The summed E-state index contributed by atoms with van der Waals surface area (Å²) in [6, 6.07) is 9.62. The molecule has 2 rings (SSSR count). The Kier molecular flexibility index (Phi) is 3.81. The number of rotatable bonds is 5. The number of methoxy groups -OCH3 is 1. The van der Waals surface area contributed by atoms with E-state index < -0.39 is 0 Å². The molecule has 2 aromatic rings. The number of hydrogen-bond acceptors (Lipinski definition) is 5. The number of nitrogens with zero attached hydrogens (tertiary/aromatic N) is 3. The molecule has 0 radical (unpaired) electrons. The standard InChI is InChI=1S/C11H15N5O/c1-17-8-10(14-12)11-7-13-15-16(11)9-5-3-2-4-6-9/h2-7,10,14H,8,12H2,1H3. The zero-order valence-corrected chi connectivity index (χ0v) is 9.58. The van der Waals surface area contributed by atoms with Crippen molar-refractivity contribution >= 4 is 0 Å². The Labute approximate surface area is 99.4 Å². The maximum absolute atomic E-state index is 5.50. The smallest absolute Gasteiger partial charge is 0.0882 e. The molecule has 0 bridgehead atoms. The molecule has 0 spiro atoms. The summed E-state index contributed by atoms with van der Waals surface area (Å²) in [5, 5.41) is 7.96. The van der Waals surface area contributed by atoms with E-state index in [1.54, 1.807) is 18.0 Å². The van der Waals surface area contributed by atoms with Gasteiger partial charge in [0.15, 0.2) is 0 Å². The Morgan fingerprint density at radius 2 is 2.18 bits per heavy atom. The van der Waals surface area contributed by atoms with Gasteiger partial charge in [0.1, 0.15) is 0 Å². The lowest BCUT2D eigenvalue weighted by Crippen LogP contribution is -2.32. The molecule has 0 fully saturated rings. The lowest BCUT2D eigenvalue weighted by molar-refractivity contribution is 0.165. The molecule has 3 N–H and O–H groups in total. The fourth-order valence-corrected chi connectivity index (χ4v) is 1.64. The third kappa shape index (κ3) is 2.50. The molecule has 0 aliphatic rings. The van der Waals surface area contributed by atoms with Gasteiger partial charge < -0.3 is 4.74 Å². The van der Waals surface area contributed by atoms with E-state index in [0.717, 1.165) is 11.4 Å². The first kappa shape index (κ1) is 11.7. The van der Waals surface area contributed by atoms with E-state index in [9.17, 15) is 0 Å². The first-order valence-electron chi connectivity index (χ1n) is 5.28. The van der Waals surface area contributed by atoms with Crippen LogP contribution in [-0.2, 0) is 4.74 Å². The number of para-hydroxylation sites is 1. The SMILES string of the molecule is COCC(NN)c1cnnn1-c1ccccc1. The zero-order chi connectivity index (χ0) is 12.1. The van der Waals surface area contributed by atoms with Crippen LogP contribution in [0.1, 0.15) is 11.7 Å². The molecular weight excluding hydrogens is 218 g/mol. The molecule has 0 saturated heterocycles. The Bertz CT molecular complexity index is 456. The van der Waals surface area contributed by atoms with E-state index in [1.807, 2.05) is 30.3 Å². The summed E-state index contributed by atoms with van der Waals surface area (Å²) in [6.45, 7) is 0.455.